The molecule has 2 nitrogen and oxygen atoms in total. The first kappa shape index (κ1) is 8.88. The van der Waals surface area contributed by atoms with Crippen molar-refractivity contribution in [1.29, 1.82) is 0 Å². The number of imidazole rings is 1. The molecule has 0 atom stereocenters. The topological polar surface area (TPSA) is 9.34 Å². The molecule has 0 saturated carbocycles. The van der Waals surface area contributed by atoms with Crippen LogP contribution < -0.4 is 0 Å². The van der Waals surface area contributed by atoms with Gasteiger partial charge in [-0.3, -0.25) is 4.40 Å². The first-order valence-electron chi connectivity index (χ1n) is 5.80. The van der Waals surface area contributed by atoms with E-state index in [1.165, 1.54) is 27.6 Å². The molecular weight excluding hydrogens is 208 g/mol. The maximum Gasteiger partial charge on any atom is 0.118 e. The van der Waals surface area contributed by atoms with Crippen molar-refractivity contribution in [3.63, 3.8) is 0 Å². The number of para-hydroxylation sites is 3. The van der Waals surface area contributed by atoms with E-state index in [2.05, 4.69) is 70.6 Å². The fraction of sp³-hybridized carbons (Fsp3) is 0.0667. The molecule has 0 radical (unpaired) electrons. The first-order valence-corrected chi connectivity index (χ1v) is 5.80. The molecule has 2 heterocycles. The number of rotatable bonds is 0. The van der Waals surface area contributed by atoms with Crippen LogP contribution in [-0.4, -0.2) is 8.97 Å². The molecule has 0 unspecified atom stereocenters. The predicted molar refractivity (Wildman–Crippen MR) is 71.4 cm³/mol. The predicted octanol–water partition coefficient (Wildman–Crippen LogP) is 3.58. The van der Waals surface area contributed by atoms with Crippen LogP contribution in [0.15, 0.2) is 54.6 Å². The third-order valence-corrected chi connectivity index (χ3v) is 3.52. The molecule has 0 spiro atoms. The third-order valence-electron chi connectivity index (χ3n) is 3.52. The molecule has 2 aromatic carbocycles. The lowest BCUT2D eigenvalue weighted by atomic mass is 10.2. The van der Waals surface area contributed by atoms with Crippen LogP contribution in [0.5, 0.6) is 0 Å². The van der Waals surface area contributed by atoms with Crippen LogP contribution in [0.25, 0.3) is 27.6 Å². The number of hydrogen-bond donors (Lipinski definition) is 0. The van der Waals surface area contributed by atoms with Crippen LogP contribution in [0.1, 0.15) is 0 Å². The quantitative estimate of drug-likeness (QED) is 0.428. The number of aryl methyl sites for hydroxylation is 1. The Labute approximate surface area is 98.7 Å². The second-order valence-electron chi connectivity index (χ2n) is 4.44. The summed E-state index contributed by atoms with van der Waals surface area (Å²) in [6.45, 7) is 0. The van der Waals surface area contributed by atoms with E-state index in [0.29, 0.717) is 0 Å². The molecular formula is C15H12N2. The monoisotopic (exact) mass is 220 g/mol. The van der Waals surface area contributed by atoms with Gasteiger partial charge in [0.15, 0.2) is 0 Å². The van der Waals surface area contributed by atoms with Crippen molar-refractivity contribution >= 4 is 27.6 Å². The molecule has 0 fully saturated rings. The van der Waals surface area contributed by atoms with Crippen molar-refractivity contribution in [1.82, 2.24) is 8.97 Å². The second kappa shape index (κ2) is 2.92. The van der Waals surface area contributed by atoms with Gasteiger partial charge in [0, 0.05) is 12.4 Å². The van der Waals surface area contributed by atoms with Gasteiger partial charge in [0.25, 0.3) is 0 Å². The summed E-state index contributed by atoms with van der Waals surface area (Å²) in [7, 11) is 2.12. The minimum Gasteiger partial charge on any atom is -0.329 e. The molecule has 2 heteroatoms. The van der Waals surface area contributed by atoms with Crippen molar-refractivity contribution in [3.05, 3.63) is 54.6 Å². The smallest absolute Gasteiger partial charge is 0.118 e. The SMILES string of the molecule is Cn1c2ccccc2n2c3ccccc3cc12. The van der Waals surface area contributed by atoms with Crippen LogP contribution in [0.3, 0.4) is 0 Å². The molecule has 0 aliphatic heterocycles. The molecule has 82 valence electrons. The van der Waals surface area contributed by atoms with Gasteiger partial charge in [0.1, 0.15) is 5.65 Å². The lowest BCUT2D eigenvalue weighted by molar-refractivity contribution is 0.997. The standard InChI is InChI=1S/C15H12N2/c1-16-13-8-4-5-9-14(13)17-12-7-3-2-6-11(12)10-15(16)17/h2-10H,1H3. The molecule has 4 aromatic rings. The van der Waals surface area contributed by atoms with Crippen LogP contribution in [0.4, 0.5) is 0 Å². The van der Waals surface area contributed by atoms with E-state index >= 15 is 0 Å². The van der Waals surface area contributed by atoms with E-state index in [1.54, 1.807) is 0 Å². The molecule has 0 aliphatic carbocycles. The molecule has 2 aromatic heterocycles. The summed E-state index contributed by atoms with van der Waals surface area (Å²) in [5.74, 6) is 0. The molecule has 4 rings (SSSR count). The number of aromatic nitrogens is 2. The zero-order valence-corrected chi connectivity index (χ0v) is 9.59. The highest BCUT2D eigenvalue weighted by molar-refractivity contribution is 5.94. The van der Waals surface area contributed by atoms with Crippen molar-refractivity contribution in [2.45, 2.75) is 0 Å². The number of hydrogen-bond acceptors (Lipinski definition) is 0. The van der Waals surface area contributed by atoms with Gasteiger partial charge in [0.05, 0.1) is 16.6 Å². The lowest BCUT2D eigenvalue weighted by Crippen LogP contribution is -1.85. The van der Waals surface area contributed by atoms with Crippen LogP contribution in [0.2, 0.25) is 0 Å². The summed E-state index contributed by atoms with van der Waals surface area (Å²) < 4.78 is 4.57. The Hall–Kier alpha value is -2.22. The minimum absolute atomic E-state index is 1.24. The highest BCUT2D eigenvalue weighted by atomic mass is 15.1. The zero-order chi connectivity index (χ0) is 11.4. The summed E-state index contributed by atoms with van der Waals surface area (Å²) in [5, 5.41) is 1.30. The molecule has 0 aliphatic rings. The van der Waals surface area contributed by atoms with Gasteiger partial charge in [-0.05, 0) is 24.3 Å². The summed E-state index contributed by atoms with van der Waals surface area (Å²) >= 11 is 0. The number of fused-ring (bicyclic) bond motifs is 5. The van der Waals surface area contributed by atoms with Crippen molar-refractivity contribution in [3.8, 4) is 0 Å². The largest absolute Gasteiger partial charge is 0.329 e. The normalized spacial score (nSPS) is 11.8. The fourth-order valence-electron chi connectivity index (χ4n) is 2.70. The summed E-state index contributed by atoms with van der Waals surface area (Å²) in [4.78, 5) is 0. The maximum atomic E-state index is 2.32. The molecule has 0 bridgehead atoms. The Morgan fingerprint density at radius 1 is 0.765 bits per heavy atom. The van der Waals surface area contributed by atoms with Crippen LogP contribution >= 0.6 is 0 Å². The lowest BCUT2D eigenvalue weighted by Gasteiger charge is -1.95. The second-order valence-corrected chi connectivity index (χ2v) is 4.44. The van der Waals surface area contributed by atoms with Crippen molar-refractivity contribution < 1.29 is 0 Å². The van der Waals surface area contributed by atoms with Gasteiger partial charge >= 0.3 is 0 Å². The van der Waals surface area contributed by atoms with Crippen molar-refractivity contribution in [2.75, 3.05) is 0 Å². The minimum atomic E-state index is 1.24. The zero-order valence-electron chi connectivity index (χ0n) is 9.59. The van der Waals surface area contributed by atoms with Gasteiger partial charge < -0.3 is 4.57 Å². The number of benzene rings is 2. The van der Waals surface area contributed by atoms with Gasteiger partial charge in [-0.2, -0.15) is 0 Å². The van der Waals surface area contributed by atoms with E-state index in [9.17, 15) is 0 Å². The molecule has 0 N–H and O–H groups in total. The fourth-order valence-corrected chi connectivity index (χ4v) is 2.70. The third kappa shape index (κ3) is 0.998. The Morgan fingerprint density at radius 2 is 1.41 bits per heavy atom. The highest BCUT2D eigenvalue weighted by Gasteiger charge is 2.10. The van der Waals surface area contributed by atoms with E-state index in [4.69, 9.17) is 0 Å². The highest BCUT2D eigenvalue weighted by Crippen LogP contribution is 2.27. The van der Waals surface area contributed by atoms with Crippen LogP contribution in [-0.2, 0) is 7.05 Å². The van der Waals surface area contributed by atoms with E-state index in [1.807, 2.05) is 0 Å². The van der Waals surface area contributed by atoms with Gasteiger partial charge in [0.2, 0.25) is 0 Å². The first-order chi connectivity index (χ1) is 8.36. The molecule has 0 saturated heterocycles. The summed E-state index contributed by atoms with van der Waals surface area (Å²) in [6, 6.07) is 19.3. The summed E-state index contributed by atoms with van der Waals surface area (Å²) in [5.41, 5.74) is 5.06. The molecule has 0 amide bonds. The van der Waals surface area contributed by atoms with Gasteiger partial charge in [-0.15, -0.1) is 0 Å². The van der Waals surface area contributed by atoms with E-state index < -0.39 is 0 Å². The van der Waals surface area contributed by atoms with E-state index in [-0.39, 0.29) is 0 Å². The Kier molecular flexibility index (Phi) is 1.52. The maximum absolute atomic E-state index is 2.32. The van der Waals surface area contributed by atoms with Crippen LogP contribution in [0, 0.1) is 0 Å². The average Bonchev–Trinajstić information content (AvgIpc) is 2.88. The Bertz CT molecular complexity index is 849. The van der Waals surface area contributed by atoms with Crippen molar-refractivity contribution in [2.24, 2.45) is 7.05 Å². The molecule has 17 heavy (non-hydrogen) atoms. The number of nitrogens with zero attached hydrogens (tertiary/aromatic N) is 2. The Balaban J connectivity index is 2.41. The van der Waals surface area contributed by atoms with E-state index in [0.717, 1.165) is 0 Å². The Morgan fingerprint density at radius 3 is 2.24 bits per heavy atom. The summed E-state index contributed by atoms with van der Waals surface area (Å²) in [6.07, 6.45) is 0. The van der Waals surface area contributed by atoms with Gasteiger partial charge in [-0.1, -0.05) is 30.3 Å². The van der Waals surface area contributed by atoms with Gasteiger partial charge in [-0.25, -0.2) is 0 Å². The average molecular weight is 220 g/mol.